The highest BCUT2D eigenvalue weighted by molar-refractivity contribution is 5.79. The monoisotopic (exact) mass is 309 g/mol. The summed E-state index contributed by atoms with van der Waals surface area (Å²) in [5.74, 6) is 0.522. The lowest BCUT2D eigenvalue weighted by atomic mass is 10.1. The van der Waals surface area contributed by atoms with Crippen LogP contribution in [0.4, 0.5) is 5.95 Å². The Balaban J connectivity index is 0.000000924. The van der Waals surface area contributed by atoms with Crippen molar-refractivity contribution in [3.63, 3.8) is 0 Å². The minimum Gasteiger partial charge on any atom is -0.394 e. The molecule has 0 aliphatic carbocycles. The van der Waals surface area contributed by atoms with E-state index in [-0.39, 0.29) is 12.6 Å². The Morgan fingerprint density at radius 2 is 1.83 bits per heavy atom. The Labute approximate surface area is 137 Å². The Morgan fingerprint density at radius 3 is 2.52 bits per heavy atom. The van der Waals surface area contributed by atoms with Crippen LogP contribution in [0.2, 0.25) is 0 Å². The fourth-order valence-corrected chi connectivity index (χ4v) is 2.30. The Kier molecular flexibility index (Phi) is 6.06. The highest BCUT2D eigenvalue weighted by Gasteiger charge is 2.11. The van der Waals surface area contributed by atoms with Crippen molar-refractivity contribution in [2.24, 2.45) is 0 Å². The largest absolute Gasteiger partial charge is 0.394 e. The van der Waals surface area contributed by atoms with Gasteiger partial charge in [0.25, 0.3) is 0 Å². The summed E-state index contributed by atoms with van der Waals surface area (Å²) in [5, 5.41) is 13.8. The van der Waals surface area contributed by atoms with Gasteiger partial charge < -0.3 is 10.4 Å². The van der Waals surface area contributed by atoms with Crippen molar-refractivity contribution in [2.45, 2.75) is 26.8 Å². The van der Waals surface area contributed by atoms with Crippen LogP contribution in [-0.2, 0) is 0 Å². The number of anilines is 1. The maximum atomic E-state index is 9.57. The molecule has 0 spiro atoms. The van der Waals surface area contributed by atoms with E-state index in [9.17, 15) is 5.11 Å². The van der Waals surface area contributed by atoms with Crippen LogP contribution in [0.1, 0.15) is 31.0 Å². The molecule has 4 nitrogen and oxygen atoms in total. The average molecular weight is 309 g/mol. The van der Waals surface area contributed by atoms with E-state index in [0.717, 1.165) is 16.5 Å². The molecule has 120 valence electrons. The van der Waals surface area contributed by atoms with E-state index in [2.05, 4.69) is 21.4 Å². The average Bonchev–Trinajstić information content (AvgIpc) is 2.62. The van der Waals surface area contributed by atoms with E-state index >= 15 is 0 Å². The van der Waals surface area contributed by atoms with Gasteiger partial charge in [0.1, 0.15) is 0 Å². The number of hydrogen-bond acceptors (Lipinski definition) is 4. The first kappa shape index (κ1) is 16.9. The third kappa shape index (κ3) is 4.27. The number of aliphatic hydroxyl groups excluding tert-OH is 1. The van der Waals surface area contributed by atoms with E-state index < -0.39 is 0 Å². The third-order valence-corrected chi connectivity index (χ3v) is 3.42. The van der Waals surface area contributed by atoms with Gasteiger partial charge in [-0.2, -0.15) is 0 Å². The van der Waals surface area contributed by atoms with Crippen LogP contribution in [0.3, 0.4) is 0 Å². The third-order valence-electron chi connectivity index (χ3n) is 3.42. The number of nitrogens with one attached hydrogen (secondary N) is 1. The van der Waals surface area contributed by atoms with Gasteiger partial charge in [-0.1, -0.05) is 55.8 Å². The molecule has 0 unspecified atom stereocenters. The number of aliphatic hydroxyl groups is 1. The number of aromatic nitrogens is 2. The molecule has 0 aliphatic rings. The molecular weight excluding hydrogens is 286 g/mol. The van der Waals surface area contributed by atoms with Crippen LogP contribution in [-0.4, -0.2) is 21.7 Å². The second-order valence-corrected chi connectivity index (χ2v) is 5.05. The molecule has 2 N–H and O–H groups in total. The molecule has 0 radical (unpaired) electrons. The Bertz CT molecular complexity index is 744. The molecule has 4 heteroatoms. The summed E-state index contributed by atoms with van der Waals surface area (Å²) in [7, 11) is 0. The van der Waals surface area contributed by atoms with Crippen molar-refractivity contribution in [3.05, 3.63) is 65.9 Å². The van der Waals surface area contributed by atoms with Crippen LogP contribution in [0.15, 0.2) is 54.7 Å². The molecule has 0 fully saturated rings. The van der Waals surface area contributed by atoms with E-state index in [0.29, 0.717) is 5.95 Å². The lowest BCUT2D eigenvalue weighted by Crippen LogP contribution is -2.16. The zero-order valence-corrected chi connectivity index (χ0v) is 13.8. The van der Waals surface area contributed by atoms with Gasteiger partial charge in [-0.05, 0) is 24.6 Å². The molecular formula is C19H23N3O. The summed E-state index contributed by atoms with van der Waals surface area (Å²) >= 11 is 0. The molecule has 1 heterocycles. The van der Waals surface area contributed by atoms with Crippen molar-refractivity contribution in [1.82, 2.24) is 9.97 Å². The first-order chi connectivity index (χ1) is 11.3. The predicted octanol–water partition coefficient (Wildman–Crippen LogP) is 4.11. The number of nitrogens with zero attached hydrogens (tertiary/aromatic N) is 2. The smallest absolute Gasteiger partial charge is 0.223 e. The highest BCUT2D eigenvalue weighted by atomic mass is 16.3. The predicted molar refractivity (Wildman–Crippen MR) is 95.5 cm³/mol. The zero-order valence-electron chi connectivity index (χ0n) is 13.8. The first-order valence-electron chi connectivity index (χ1n) is 7.92. The van der Waals surface area contributed by atoms with Gasteiger partial charge in [0.05, 0.1) is 18.2 Å². The number of benzene rings is 2. The standard InChI is InChI=1S/C17H17N3O.C2H6/c1-12-7-8-15-14(9-12)10-18-17(19-15)20-16(11-21)13-5-3-2-4-6-13;1-2/h2-10,16,21H,11H2,1H3,(H,18,19,20);1-2H3/t16-;/m1./s1. The Morgan fingerprint density at radius 1 is 1.09 bits per heavy atom. The summed E-state index contributed by atoms with van der Waals surface area (Å²) in [6, 6.07) is 15.6. The van der Waals surface area contributed by atoms with Crippen LogP contribution in [0.25, 0.3) is 10.9 Å². The molecule has 0 amide bonds. The van der Waals surface area contributed by atoms with Gasteiger partial charge in [0.2, 0.25) is 5.95 Å². The van der Waals surface area contributed by atoms with Gasteiger partial charge in [0, 0.05) is 11.6 Å². The van der Waals surface area contributed by atoms with Gasteiger partial charge in [-0.15, -0.1) is 0 Å². The maximum absolute atomic E-state index is 9.57. The van der Waals surface area contributed by atoms with E-state index in [4.69, 9.17) is 0 Å². The van der Waals surface area contributed by atoms with E-state index in [1.807, 2.05) is 63.2 Å². The van der Waals surface area contributed by atoms with E-state index in [1.54, 1.807) is 6.20 Å². The number of fused-ring (bicyclic) bond motifs is 1. The fourth-order valence-electron chi connectivity index (χ4n) is 2.30. The van der Waals surface area contributed by atoms with Gasteiger partial charge in [-0.3, -0.25) is 0 Å². The van der Waals surface area contributed by atoms with Crippen LogP contribution < -0.4 is 5.32 Å². The van der Waals surface area contributed by atoms with Crippen LogP contribution in [0, 0.1) is 6.92 Å². The lowest BCUT2D eigenvalue weighted by Gasteiger charge is -2.16. The second-order valence-electron chi connectivity index (χ2n) is 5.05. The first-order valence-corrected chi connectivity index (χ1v) is 7.92. The van der Waals surface area contributed by atoms with Gasteiger partial charge >= 0.3 is 0 Å². The summed E-state index contributed by atoms with van der Waals surface area (Å²) in [6.45, 7) is 6.03. The van der Waals surface area contributed by atoms with Crippen molar-refractivity contribution in [3.8, 4) is 0 Å². The van der Waals surface area contributed by atoms with Crippen molar-refractivity contribution < 1.29 is 5.11 Å². The molecule has 0 saturated carbocycles. The summed E-state index contributed by atoms with van der Waals surface area (Å²) in [6.07, 6.45) is 1.80. The SMILES string of the molecule is CC.Cc1ccc2nc(N[C@H](CO)c3ccccc3)ncc2c1. The van der Waals surface area contributed by atoms with Gasteiger partial charge in [0.15, 0.2) is 0 Å². The van der Waals surface area contributed by atoms with E-state index in [1.165, 1.54) is 5.56 Å². The zero-order chi connectivity index (χ0) is 16.7. The molecule has 0 bridgehead atoms. The normalized spacial score (nSPS) is 11.5. The quantitative estimate of drug-likeness (QED) is 0.761. The molecule has 2 aromatic carbocycles. The summed E-state index contributed by atoms with van der Waals surface area (Å²) in [4.78, 5) is 8.82. The van der Waals surface area contributed by atoms with Crippen LogP contribution in [0.5, 0.6) is 0 Å². The number of hydrogen-bond donors (Lipinski definition) is 2. The number of aryl methyl sites for hydroxylation is 1. The topological polar surface area (TPSA) is 58.0 Å². The summed E-state index contributed by atoms with van der Waals surface area (Å²) in [5.41, 5.74) is 3.08. The minimum absolute atomic E-state index is 0.0146. The molecule has 0 aliphatic heterocycles. The van der Waals surface area contributed by atoms with Crippen molar-refractivity contribution in [1.29, 1.82) is 0 Å². The maximum Gasteiger partial charge on any atom is 0.223 e. The molecule has 1 aromatic heterocycles. The number of rotatable bonds is 4. The van der Waals surface area contributed by atoms with Crippen molar-refractivity contribution >= 4 is 16.9 Å². The molecule has 3 rings (SSSR count). The lowest BCUT2D eigenvalue weighted by molar-refractivity contribution is 0.276. The van der Waals surface area contributed by atoms with Gasteiger partial charge in [-0.25, -0.2) is 9.97 Å². The highest BCUT2D eigenvalue weighted by Crippen LogP contribution is 2.19. The second kappa shape index (κ2) is 8.25. The molecule has 0 saturated heterocycles. The van der Waals surface area contributed by atoms with Crippen LogP contribution >= 0.6 is 0 Å². The van der Waals surface area contributed by atoms with Crippen molar-refractivity contribution in [2.75, 3.05) is 11.9 Å². The molecule has 23 heavy (non-hydrogen) atoms. The Hall–Kier alpha value is -2.46. The minimum atomic E-state index is -0.214. The fraction of sp³-hybridized carbons (Fsp3) is 0.263. The molecule has 1 atom stereocenters. The summed E-state index contributed by atoms with van der Waals surface area (Å²) < 4.78 is 0. The molecule has 3 aromatic rings.